The van der Waals surface area contributed by atoms with Crippen molar-refractivity contribution in [2.24, 2.45) is 5.92 Å². The molecule has 0 bridgehead atoms. The van der Waals surface area contributed by atoms with Gasteiger partial charge in [-0.05, 0) is 58.2 Å². The summed E-state index contributed by atoms with van der Waals surface area (Å²) in [4.78, 5) is 34.2. The molecule has 2 aliphatic rings. The smallest absolute Gasteiger partial charge is 0.309 e. The van der Waals surface area contributed by atoms with Crippen molar-refractivity contribution in [2.45, 2.75) is 51.5 Å². The molecule has 6 nitrogen and oxygen atoms in total. The van der Waals surface area contributed by atoms with Gasteiger partial charge in [0.05, 0.1) is 33.8 Å². The number of fused-ring (bicyclic) bond motifs is 1. The van der Waals surface area contributed by atoms with Crippen LogP contribution in [-0.2, 0) is 14.3 Å². The normalized spacial score (nSPS) is 22.2. The third kappa shape index (κ3) is 4.52. The van der Waals surface area contributed by atoms with E-state index in [4.69, 9.17) is 9.72 Å². The van der Waals surface area contributed by atoms with Crippen LogP contribution in [0.5, 0.6) is 0 Å². The van der Waals surface area contributed by atoms with Gasteiger partial charge in [0.25, 0.3) is 0 Å². The SMILES string of the molecule is CCOC(=O)C1CCN(C(=O)[C@H](C)N2CCC[C@H](c3nc4ccccc4s3)C2)CC1. The average molecular weight is 430 g/mol. The fraction of sp³-hybridized carbons (Fsp3) is 0.609. The number of benzene rings is 1. The third-order valence-corrected chi connectivity index (χ3v) is 7.64. The molecule has 2 atom stereocenters. The molecular weight excluding hydrogens is 398 g/mol. The number of amides is 1. The zero-order chi connectivity index (χ0) is 21.1. The minimum Gasteiger partial charge on any atom is -0.466 e. The Kier molecular flexibility index (Phi) is 6.68. The van der Waals surface area contributed by atoms with Gasteiger partial charge in [-0.2, -0.15) is 0 Å². The predicted octanol–water partition coefficient (Wildman–Crippen LogP) is 3.67. The highest BCUT2D eigenvalue weighted by molar-refractivity contribution is 7.18. The number of carbonyl (C=O) groups is 2. The maximum atomic E-state index is 13.1. The minimum absolute atomic E-state index is 0.0669. The monoisotopic (exact) mass is 429 g/mol. The molecule has 0 saturated carbocycles. The number of thiazole rings is 1. The first-order valence-electron chi connectivity index (χ1n) is 11.1. The minimum atomic E-state index is -0.138. The Labute approximate surface area is 182 Å². The molecule has 30 heavy (non-hydrogen) atoms. The first-order chi connectivity index (χ1) is 14.6. The molecule has 2 aromatic rings. The number of rotatable bonds is 5. The van der Waals surface area contributed by atoms with E-state index in [0.29, 0.717) is 38.5 Å². The van der Waals surface area contributed by atoms with Crippen LogP contribution in [0.4, 0.5) is 0 Å². The highest BCUT2D eigenvalue weighted by atomic mass is 32.1. The number of esters is 1. The van der Waals surface area contributed by atoms with Crippen molar-refractivity contribution in [1.82, 2.24) is 14.8 Å². The van der Waals surface area contributed by atoms with Gasteiger partial charge in [-0.3, -0.25) is 14.5 Å². The van der Waals surface area contributed by atoms with Crippen molar-refractivity contribution in [3.05, 3.63) is 29.3 Å². The lowest BCUT2D eigenvalue weighted by Crippen LogP contribution is -2.52. The second-order valence-corrected chi connectivity index (χ2v) is 9.44. The van der Waals surface area contributed by atoms with Gasteiger partial charge in [0.15, 0.2) is 0 Å². The van der Waals surface area contributed by atoms with Crippen LogP contribution in [0.2, 0.25) is 0 Å². The molecule has 162 valence electrons. The van der Waals surface area contributed by atoms with Crippen LogP contribution in [-0.4, -0.2) is 65.5 Å². The van der Waals surface area contributed by atoms with E-state index in [9.17, 15) is 9.59 Å². The molecule has 0 spiro atoms. The summed E-state index contributed by atoms with van der Waals surface area (Å²) < 4.78 is 6.37. The van der Waals surface area contributed by atoms with Gasteiger partial charge in [0.1, 0.15) is 0 Å². The summed E-state index contributed by atoms with van der Waals surface area (Å²) in [7, 11) is 0. The fourth-order valence-corrected chi connectivity index (χ4v) is 5.73. The molecule has 7 heteroatoms. The quantitative estimate of drug-likeness (QED) is 0.679. The number of ether oxygens (including phenoxy) is 1. The maximum Gasteiger partial charge on any atom is 0.309 e. The summed E-state index contributed by atoms with van der Waals surface area (Å²) in [5.41, 5.74) is 1.07. The average Bonchev–Trinajstić information content (AvgIpc) is 3.23. The number of piperidine rings is 2. The molecule has 2 saturated heterocycles. The number of hydrogen-bond donors (Lipinski definition) is 0. The molecule has 1 aromatic carbocycles. The molecule has 2 fully saturated rings. The Morgan fingerprint density at radius 2 is 1.97 bits per heavy atom. The number of nitrogens with zero attached hydrogens (tertiary/aromatic N) is 3. The summed E-state index contributed by atoms with van der Waals surface area (Å²) in [6.45, 7) is 7.39. The molecule has 0 N–H and O–H groups in total. The Morgan fingerprint density at radius 3 is 2.70 bits per heavy atom. The van der Waals surface area contributed by atoms with E-state index in [1.54, 1.807) is 11.3 Å². The molecule has 0 aliphatic carbocycles. The number of hydrogen-bond acceptors (Lipinski definition) is 6. The standard InChI is InChI=1S/C23H31N3O3S/c1-3-29-23(28)17-10-13-25(14-11-17)22(27)16(2)26-12-6-7-18(15-26)21-24-19-8-4-5-9-20(19)30-21/h4-5,8-9,16-18H,3,6-7,10-15H2,1-2H3/t16-,18-/m0/s1. The van der Waals surface area contributed by atoms with E-state index in [0.717, 1.165) is 31.4 Å². The molecule has 3 heterocycles. The summed E-state index contributed by atoms with van der Waals surface area (Å²) >= 11 is 1.78. The lowest BCUT2D eigenvalue weighted by atomic mass is 9.95. The lowest BCUT2D eigenvalue weighted by molar-refractivity contribution is -0.152. The van der Waals surface area contributed by atoms with Crippen molar-refractivity contribution in [1.29, 1.82) is 0 Å². The van der Waals surface area contributed by atoms with Crippen LogP contribution in [0.1, 0.15) is 50.5 Å². The summed E-state index contributed by atoms with van der Waals surface area (Å²) in [5.74, 6) is 0.387. The number of aromatic nitrogens is 1. The number of likely N-dealkylation sites (tertiary alicyclic amines) is 2. The highest BCUT2D eigenvalue weighted by Crippen LogP contribution is 2.33. The number of para-hydroxylation sites is 1. The second kappa shape index (κ2) is 9.43. The van der Waals surface area contributed by atoms with Crippen molar-refractivity contribution in [3.8, 4) is 0 Å². The van der Waals surface area contributed by atoms with Crippen LogP contribution in [0.25, 0.3) is 10.2 Å². The molecular formula is C23H31N3O3S. The van der Waals surface area contributed by atoms with Gasteiger partial charge >= 0.3 is 5.97 Å². The van der Waals surface area contributed by atoms with Crippen LogP contribution < -0.4 is 0 Å². The predicted molar refractivity (Wildman–Crippen MR) is 119 cm³/mol. The van der Waals surface area contributed by atoms with E-state index in [2.05, 4.69) is 23.1 Å². The fourth-order valence-electron chi connectivity index (χ4n) is 4.64. The Morgan fingerprint density at radius 1 is 1.20 bits per heavy atom. The molecule has 0 radical (unpaired) electrons. The zero-order valence-corrected chi connectivity index (χ0v) is 18.7. The molecule has 2 aliphatic heterocycles. The third-order valence-electron chi connectivity index (χ3n) is 6.44. The van der Waals surface area contributed by atoms with Crippen LogP contribution in [0.15, 0.2) is 24.3 Å². The van der Waals surface area contributed by atoms with Crippen LogP contribution in [0.3, 0.4) is 0 Å². The van der Waals surface area contributed by atoms with E-state index in [1.807, 2.05) is 24.8 Å². The van der Waals surface area contributed by atoms with Crippen molar-refractivity contribution >= 4 is 33.4 Å². The van der Waals surface area contributed by atoms with Gasteiger partial charge in [0.2, 0.25) is 5.91 Å². The van der Waals surface area contributed by atoms with Crippen LogP contribution in [0, 0.1) is 5.92 Å². The van der Waals surface area contributed by atoms with Crippen molar-refractivity contribution < 1.29 is 14.3 Å². The van der Waals surface area contributed by atoms with E-state index in [-0.39, 0.29) is 23.8 Å². The van der Waals surface area contributed by atoms with Crippen molar-refractivity contribution in [2.75, 3.05) is 32.8 Å². The summed E-state index contributed by atoms with van der Waals surface area (Å²) in [5, 5.41) is 1.19. The van der Waals surface area contributed by atoms with Crippen molar-refractivity contribution in [3.63, 3.8) is 0 Å². The Balaban J connectivity index is 1.35. The summed E-state index contributed by atoms with van der Waals surface area (Å²) in [6, 6.07) is 8.15. The Hall–Kier alpha value is -1.99. The van der Waals surface area contributed by atoms with E-state index < -0.39 is 0 Å². The molecule has 1 amide bonds. The maximum absolute atomic E-state index is 13.1. The summed E-state index contributed by atoms with van der Waals surface area (Å²) in [6.07, 6.45) is 3.61. The van der Waals surface area contributed by atoms with E-state index >= 15 is 0 Å². The van der Waals surface area contributed by atoms with Gasteiger partial charge in [0, 0.05) is 25.6 Å². The van der Waals surface area contributed by atoms with Gasteiger partial charge < -0.3 is 9.64 Å². The zero-order valence-electron chi connectivity index (χ0n) is 17.9. The first kappa shape index (κ1) is 21.2. The first-order valence-corrected chi connectivity index (χ1v) is 11.9. The van der Waals surface area contributed by atoms with Gasteiger partial charge in [-0.15, -0.1) is 11.3 Å². The second-order valence-electron chi connectivity index (χ2n) is 8.38. The molecule has 4 rings (SSSR count). The van der Waals surface area contributed by atoms with Gasteiger partial charge in [-0.25, -0.2) is 4.98 Å². The molecule has 0 unspecified atom stereocenters. The van der Waals surface area contributed by atoms with Crippen LogP contribution >= 0.6 is 11.3 Å². The van der Waals surface area contributed by atoms with E-state index in [1.165, 1.54) is 9.71 Å². The highest BCUT2D eigenvalue weighted by Gasteiger charge is 2.34. The topological polar surface area (TPSA) is 62.7 Å². The number of carbonyl (C=O) groups excluding carboxylic acids is 2. The lowest BCUT2D eigenvalue weighted by Gasteiger charge is -2.39. The molecule has 1 aromatic heterocycles. The Bertz CT molecular complexity index is 858. The largest absolute Gasteiger partial charge is 0.466 e. The van der Waals surface area contributed by atoms with Gasteiger partial charge in [-0.1, -0.05) is 12.1 Å².